The molecule has 0 aromatic carbocycles. The van der Waals surface area contributed by atoms with Crippen molar-refractivity contribution in [1.29, 1.82) is 0 Å². The molecular formula is C13H24ClN3O2. The van der Waals surface area contributed by atoms with Gasteiger partial charge in [-0.1, -0.05) is 6.42 Å². The lowest BCUT2D eigenvalue weighted by Gasteiger charge is -2.28. The van der Waals surface area contributed by atoms with Crippen molar-refractivity contribution in [3.05, 3.63) is 0 Å². The van der Waals surface area contributed by atoms with Gasteiger partial charge in [0.1, 0.15) is 0 Å². The lowest BCUT2D eigenvalue weighted by molar-refractivity contribution is -0.126. The second-order valence-corrected chi connectivity index (χ2v) is 5.66. The van der Waals surface area contributed by atoms with E-state index in [1.807, 2.05) is 0 Å². The van der Waals surface area contributed by atoms with Gasteiger partial charge in [-0.3, -0.25) is 9.59 Å². The van der Waals surface area contributed by atoms with Crippen LogP contribution in [0.15, 0.2) is 0 Å². The van der Waals surface area contributed by atoms with Gasteiger partial charge in [-0.2, -0.15) is 0 Å². The zero-order chi connectivity index (χ0) is 13.1. The van der Waals surface area contributed by atoms with Gasteiger partial charge < -0.3 is 16.8 Å². The van der Waals surface area contributed by atoms with E-state index in [0.717, 1.165) is 44.9 Å². The number of rotatable bonds is 3. The molecule has 0 heterocycles. The zero-order valence-corrected chi connectivity index (χ0v) is 12.0. The molecule has 5 nitrogen and oxygen atoms in total. The van der Waals surface area contributed by atoms with E-state index in [1.54, 1.807) is 0 Å². The maximum absolute atomic E-state index is 12.1. The van der Waals surface area contributed by atoms with Gasteiger partial charge in [0.2, 0.25) is 11.8 Å². The van der Waals surface area contributed by atoms with E-state index < -0.39 is 0 Å². The molecule has 0 aliphatic heterocycles. The number of nitrogens with one attached hydrogen (secondary N) is 1. The Balaban J connectivity index is 0.00000180. The summed E-state index contributed by atoms with van der Waals surface area (Å²) in [5.74, 6) is -0.133. The van der Waals surface area contributed by atoms with Crippen LogP contribution in [0.2, 0.25) is 0 Å². The molecule has 5 N–H and O–H groups in total. The molecule has 2 rings (SSSR count). The Morgan fingerprint density at radius 2 is 1.63 bits per heavy atom. The van der Waals surface area contributed by atoms with Crippen molar-refractivity contribution in [2.45, 2.75) is 57.0 Å². The summed E-state index contributed by atoms with van der Waals surface area (Å²) in [6.45, 7) is 0. The minimum absolute atomic E-state index is 0. The molecule has 19 heavy (non-hydrogen) atoms. The van der Waals surface area contributed by atoms with Gasteiger partial charge >= 0.3 is 0 Å². The molecule has 0 saturated heterocycles. The third-order valence-electron chi connectivity index (χ3n) is 4.38. The summed E-state index contributed by atoms with van der Waals surface area (Å²) < 4.78 is 0. The number of nitrogens with two attached hydrogens (primary N) is 2. The molecule has 2 unspecified atom stereocenters. The maximum Gasteiger partial charge on any atom is 0.224 e. The van der Waals surface area contributed by atoms with Crippen molar-refractivity contribution < 1.29 is 9.59 Å². The standard InChI is InChI=1S/C13H23N3O2.ClH/c14-11-3-1-2-10(11)13(18)16-9-6-4-8(5-7-9)12(15)17;/h8-11H,1-7,14H2,(H2,15,17)(H,16,18);1H. The SMILES string of the molecule is Cl.NC(=O)C1CCC(NC(=O)C2CCCC2N)CC1. The van der Waals surface area contributed by atoms with Crippen molar-refractivity contribution in [2.75, 3.05) is 0 Å². The quantitative estimate of drug-likeness (QED) is 0.713. The molecule has 0 aromatic rings. The molecule has 2 aliphatic carbocycles. The van der Waals surface area contributed by atoms with Gasteiger partial charge in [0.15, 0.2) is 0 Å². The second kappa shape index (κ2) is 7.10. The third kappa shape index (κ3) is 4.08. The molecule has 0 radical (unpaired) electrons. The predicted octanol–water partition coefficient (Wildman–Crippen LogP) is 0.696. The lowest BCUT2D eigenvalue weighted by atomic mass is 9.85. The lowest BCUT2D eigenvalue weighted by Crippen LogP contribution is -2.45. The van der Waals surface area contributed by atoms with E-state index in [4.69, 9.17) is 11.5 Å². The average Bonchev–Trinajstić information content (AvgIpc) is 2.76. The fourth-order valence-electron chi connectivity index (χ4n) is 3.14. The molecule has 0 spiro atoms. The Hall–Kier alpha value is -0.810. The highest BCUT2D eigenvalue weighted by molar-refractivity contribution is 5.85. The Labute approximate surface area is 120 Å². The molecule has 2 saturated carbocycles. The van der Waals surface area contributed by atoms with E-state index in [0.29, 0.717) is 0 Å². The highest BCUT2D eigenvalue weighted by Gasteiger charge is 2.32. The van der Waals surface area contributed by atoms with E-state index in [9.17, 15) is 9.59 Å². The van der Waals surface area contributed by atoms with Gasteiger partial charge in [0.05, 0.1) is 5.92 Å². The molecule has 0 bridgehead atoms. The molecule has 2 fully saturated rings. The summed E-state index contributed by atoms with van der Waals surface area (Å²) in [7, 11) is 0. The van der Waals surface area contributed by atoms with Crippen LogP contribution in [0.5, 0.6) is 0 Å². The van der Waals surface area contributed by atoms with Gasteiger partial charge in [0.25, 0.3) is 0 Å². The first-order valence-electron chi connectivity index (χ1n) is 6.93. The minimum Gasteiger partial charge on any atom is -0.369 e. The summed E-state index contributed by atoms with van der Waals surface area (Å²) in [6, 6.07) is 0.216. The van der Waals surface area contributed by atoms with E-state index in [2.05, 4.69) is 5.32 Å². The molecule has 2 atom stereocenters. The van der Waals surface area contributed by atoms with Crippen LogP contribution in [0.3, 0.4) is 0 Å². The van der Waals surface area contributed by atoms with Gasteiger partial charge in [-0.05, 0) is 38.5 Å². The summed E-state index contributed by atoms with van der Waals surface area (Å²) in [5, 5.41) is 3.08. The normalized spacial score (nSPS) is 34.4. The highest BCUT2D eigenvalue weighted by atomic mass is 35.5. The van der Waals surface area contributed by atoms with Crippen molar-refractivity contribution >= 4 is 24.2 Å². The van der Waals surface area contributed by atoms with Crippen LogP contribution in [0.1, 0.15) is 44.9 Å². The Bertz CT molecular complexity index is 330. The zero-order valence-electron chi connectivity index (χ0n) is 11.1. The van der Waals surface area contributed by atoms with Crippen molar-refractivity contribution in [2.24, 2.45) is 23.3 Å². The van der Waals surface area contributed by atoms with Crippen LogP contribution in [0, 0.1) is 11.8 Å². The first-order valence-corrected chi connectivity index (χ1v) is 6.93. The maximum atomic E-state index is 12.1. The Morgan fingerprint density at radius 3 is 2.11 bits per heavy atom. The molecule has 6 heteroatoms. The van der Waals surface area contributed by atoms with Crippen LogP contribution in [0.25, 0.3) is 0 Å². The average molecular weight is 290 g/mol. The number of amides is 2. The Morgan fingerprint density at radius 1 is 1.00 bits per heavy atom. The monoisotopic (exact) mass is 289 g/mol. The van der Waals surface area contributed by atoms with Crippen LogP contribution in [-0.2, 0) is 9.59 Å². The third-order valence-corrected chi connectivity index (χ3v) is 4.38. The van der Waals surface area contributed by atoms with Crippen molar-refractivity contribution in [1.82, 2.24) is 5.32 Å². The highest BCUT2D eigenvalue weighted by Crippen LogP contribution is 2.27. The van der Waals surface area contributed by atoms with Crippen molar-refractivity contribution in [3.8, 4) is 0 Å². The number of carbonyl (C=O) groups is 2. The van der Waals surface area contributed by atoms with Gasteiger partial charge in [-0.15, -0.1) is 12.4 Å². The largest absolute Gasteiger partial charge is 0.369 e. The number of carbonyl (C=O) groups excluding carboxylic acids is 2. The first kappa shape index (κ1) is 16.2. The fraction of sp³-hybridized carbons (Fsp3) is 0.846. The predicted molar refractivity (Wildman–Crippen MR) is 75.6 cm³/mol. The van der Waals surface area contributed by atoms with E-state index in [1.165, 1.54) is 0 Å². The summed E-state index contributed by atoms with van der Waals surface area (Å²) in [4.78, 5) is 23.1. The van der Waals surface area contributed by atoms with Crippen molar-refractivity contribution in [3.63, 3.8) is 0 Å². The van der Waals surface area contributed by atoms with Crippen LogP contribution < -0.4 is 16.8 Å². The molecule has 110 valence electrons. The molecule has 2 aliphatic rings. The van der Waals surface area contributed by atoms with Crippen LogP contribution in [0.4, 0.5) is 0 Å². The van der Waals surface area contributed by atoms with Gasteiger partial charge in [-0.25, -0.2) is 0 Å². The van der Waals surface area contributed by atoms with E-state index in [-0.39, 0.29) is 48.1 Å². The number of halogens is 1. The number of hydrogen-bond acceptors (Lipinski definition) is 3. The molecule has 0 aromatic heterocycles. The van der Waals surface area contributed by atoms with E-state index >= 15 is 0 Å². The first-order chi connectivity index (χ1) is 8.58. The summed E-state index contributed by atoms with van der Waals surface area (Å²) >= 11 is 0. The fourth-order valence-corrected chi connectivity index (χ4v) is 3.14. The molecular weight excluding hydrogens is 266 g/mol. The second-order valence-electron chi connectivity index (χ2n) is 5.66. The Kier molecular flexibility index (Phi) is 6.07. The number of primary amides is 1. The topological polar surface area (TPSA) is 98.2 Å². The molecule has 2 amide bonds. The van der Waals surface area contributed by atoms with Gasteiger partial charge in [0, 0.05) is 18.0 Å². The summed E-state index contributed by atoms with van der Waals surface area (Å²) in [6.07, 6.45) is 6.18. The minimum atomic E-state index is -0.211. The van der Waals surface area contributed by atoms with Crippen LogP contribution in [-0.4, -0.2) is 23.9 Å². The smallest absolute Gasteiger partial charge is 0.224 e. The summed E-state index contributed by atoms with van der Waals surface area (Å²) in [5.41, 5.74) is 11.2. The van der Waals surface area contributed by atoms with Crippen LogP contribution >= 0.6 is 12.4 Å². The number of hydrogen-bond donors (Lipinski definition) is 3.